The number of unbranched alkanes of at least 4 members (excludes halogenated alkanes) is 2. The molecule has 0 fully saturated rings. The van der Waals surface area contributed by atoms with Gasteiger partial charge in [0.15, 0.2) is 0 Å². The number of amides is 6. The van der Waals surface area contributed by atoms with E-state index in [1.807, 2.05) is 12.1 Å². The standard InChI is InChI=1S/C56H72N6O11/c1-11-12-15-36-17-20-38(21-18-36)39-22-24-40(25-23-39)51(65)58-33-34(2)49(63)60-44(16-13-14-29-57-55(69)73-56(4,5)6)53(67)62(7)48-41-26-28-47(71-9)43(32-41)42-30-37(19-27-46(42)70-8)31-45(54(68)72-10)61-50(64)35(3)59-52(48)66/h17-28,30,32,34-35,44-45,48H,11-16,29,31,33H2,1-10H3,(H,57,69)(H,58,65)(H,59,66)(H,60,63)(H,61,64)/t34?,35-,44-,45-,48-/m0/s1. The molecule has 392 valence electrons. The summed E-state index contributed by atoms with van der Waals surface area (Å²) in [6.07, 6.45) is 3.58. The number of benzene rings is 4. The molecule has 5 N–H and O–H groups in total. The number of methoxy groups -OCH3 is 3. The van der Waals surface area contributed by atoms with Crippen LogP contribution in [0.4, 0.5) is 4.79 Å². The van der Waals surface area contributed by atoms with Gasteiger partial charge in [-0.2, -0.15) is 0 Å². The van der Waals surface area contributed by atoms with Crippen molar-refractivity contribution < 1.29 is 52.5 Å². The summed E-state index contributed by atoms with van der Waals surface area (Å²) in [5.41, 5.74) is 5.01. The molecule has 17 heteroatoms. The Hall–Kier alpha value is -7.43. The largest absolute Gasteiger partial charge is 0.496 e. The van der Waals surface area contributed by atoms with E-state index in [-0.39, 0.29) is 31.8 Å². The third-order valence-corrected chi connectivity index (χ3v) is 12.5. The molecule has 17 nitrogen and oxygen atoms in total. The molecule has 0 saturated carbocycles. The Morgan fingerprint density at radius 2 is 1.41 bits per heavy atom. The second-order valence-corrected chi connectivity index (χ2v) is 19.3. The van der Waals surface area contributed by atoms with Crippen molar-refractivity contribution in [2.75, 3.05) is 41.5 Å². The highest BCUT2D eigenvalue weighted by atomic mass is 16.6. The van der Waals surface area contributed by atoms with Crippen LogP contribution in [0.2, 0.25) is 0 Å². The second kappa shape index (κ2) is 26.3. The fourth-order valence-electron chi connectivity index (χ4n) is 8.40. The van der Waals surface area contributed by atoms with Crippen LogP contribution in [0.5, 0.6) is 11.5 Å². The van der Waals surface area contributed by atoms with E-state index in [9.17, 15) is 33.6 Å². The number of alkyl carbamates (subject to hydrolysis) is 1. The van der Waals surface area contributed by atoms with Crippen molar-refractivity contribution in [3.63, 3.8) is 0 Å². The SMILES string of the molecule is CCCCc1ccc(-c2ccc(C(=O)NCC(C)C(=O)N[C@@H](CCCCNC(=O)OC(C)(C)C)C(=O)N(C)[C@@H]3C(=O)N[C@@H](C)C(=O)N[C@H](C(=O)OC)Cc4ccc(OC)c(c4)-c4cc3ccc4OC)cc2)cc1. The first-order valence-electron chi connectivity index (χ1n) is 24.8. The number of carbonyl (C=O) groups is 7. The van der Waals surface area contributed by atoms with Gasteiger partial charge in [-0.25, -0.2) is 9.59 Å². The van der Waals surface area contributed by atoms with Crippen LogP contribution in [0.25, 0.3) is 22.3 Å². The van der Waals surface area contributed by atoms with Crippen LogP contribution < -0.4 is 36.1 Å². The number of nitrogens with zero attached hydrogens (tertiary/aromatic N) is 1. The third kappa shape index (κ3) is 15.8. The molecule has 5 rings (SSSR count). The minimum atomic E-state index is -1.39. The Labute approximate surface area is 428 Å². The lowest BCUT2D eigenvalue weighted by Crippen LogP contribution is -2.55. The average molecular weight is 1010 g/mol. The molecular weight excluding hydrogens is 933 g/mol. The number of rotatable bonds is 19. The van der Waals surface area contributed by atoms with Gasteiger partial charge in [-0.1, -0.05) is 68.8 Å². The minimum Gasteiger partial charge on any atom is -0.496 e. The molecule has 5 atom stereocenters. The van der Waals surface area contributed by atoms with Crippen molar-refractivity contribution in [3.8, 4) is 33.8 Å². The Balaban J connectivity index is 1.41. The normalized spacial score (nSPS) is 16.5. The quantitative estimate of drug-likeness (QED) is 0.0484. The van der Waals surface area contributed by atoms with Gasteiger partial charge >= 0.3 is 12.1 Å². The maximum absolute atomic E-state index is 14.9. The first-order chi connectivity index (χ1) is 34.8. The molecule has 0 aromatic heterocycles. The van der Waals surface area contributed by atoms with E-state index >= 15 is 0 Å². The van der Waals surface area contributed by atoms with Gasteiger partial charge in [0, 0.05) is 43.2 Å². The van der Waals surface area contributed by atoms with Crippen LogP contribution in [0.1, 0.15) is 107 Å². The molecule has 0 saturated heterocycles. The summed E-state index contributed by atoms with van der Waals surface area (Å²) >= 11 is 0. The average Bonchev–Trinajstić information content (AvgIpc) is 3.37. The van der Waals surface area contributed by atoms with Gasteiger partial charge in [0.1, 0.15) is 41.3 Å². The van der Waals surface area contributed by atoms with Crippen molar-refractivity contribution in [3.05, 3.63) is 107 Å². The summed E-state index contributed by atoms with van der Waals surface area (Å²) < 4.78 is 21.9. The number of aryl methyl sites for hydroxylation is 1. The number of hydrogen-bond acceptors (Lipinski definition) is 11. The lowest BCUT2D eigenvalue weighted by molar-refractivity contribution is -0.145. The molecule has 0 spiro atoms. The van der Waals surface area contributed by atoms with Crippen LogP contribution in [0, 0.1) is 5.92 Å². The zero-order valence-electron chi connectivity index (χ0n) is 43.8. The van der Waals surface area contributed by atoms with Gasteiger partial charge in [-0.05, 0) is 124 Å². The van der Waals surface area contributed by atoms with E-state index in [1.54, 1.807) is 76.2 Å². The number of hydrogen-bond donors (Lipinski definition) is 5. The molecule has 1 aliphatic rings. The van der Waals surface area contributed by atoms with Gasteiger partial charge in [-0.15, -0.1) is 0 Å². The Morgan fingerprint density at radius 3 is 2.03 bits per heavy atom. The topological polar surface area (TPSA) is 220 Å². The highest BCUT2D eigenvalue weighted by Gasteiger charge is 2.36. The molecular formula is C56H72N6O11. The van der Waals surface area contributed by atoms with Crippen LogP contribution in [-0.4, -0.2) is 112 Å². The number of carbonyl (C=O) groups excluding carboxylic acids is 7. The fourth-order valence-corrected chi connectivity index (χ4v) is 8.40. The summed E-state index contributed by atoms with van der Waals surface area (Å²) in [5, 5.41) is 13.9. The van der Waals surface area contributed by atoms with E-state index in [4.69, 9.17) is 18.9 Å². The van der Waals surface area contributed by atoms with Crippen molar-refractivity contribution in [2.45, 2.75) is 116 Å². The zero-order valence-corrected chi connectivity index (χ0v) is 43.8. The van der Waals surface area contributed by atoms with Crippen LogP contribution in [0.15, 0.2) is 84.9 Å². The molecule has 1 aliphatic heterocycles. The number of esters is 1. The van der Waals surface area contributed by atoms with E-state index in [0.717, 1.165) is 30.4 Å². The molecule has 0 aliphatic carbocycles. The predicted octanol–water partition coefficient (Wildman–Crippen LogP) is 6.84. The van der Waals surface area contributed by atoms with Gasteiger partial charge < -0.3 is 50.4 Å². The lowest BCUT2D eigenvalue weighted by Gasteiger charge is -2.33. The zero-order chi connectivity index (χ0) is 53.4. The number of nitrogens with one attached hydrogen (secondary N) is 5. The molecule has 73 heavy (non-hydrogen) atoms. The van der Waals surface area contributed by atoms with E-state index < -0.39 is 71.4 Å². The van der Waals surface area contributed by atoms with Gasteiger partial charge in [-0.3, -0.25) is 24.0 Å². The van der Waals surface area contributed by atoms with Crippen LogP contribution in [0.3, 0.4) is 0 Å². The summed E-state index contributed by atoms with van der Waals surface area (Å²) in [6.45, 7) is 10.7. The van der Waals surface area contributed by atoms with Gasteiger partial charge in [0.2, 0.25) is 23.6 Å². The van der Waals surface area contributed by atoms with Crippen molar-refractivity contribution in [1.82, 2.24) is 31.5 Å². The monoisotopic (exact) mass is 1000 g/mol. The fraction of sp³-hybridized carbons (Fsp3) is 0.446. The van der Waals surface area contributed by atoms with Gasteiger partial charge in [0.25, 0.3) is 5.91 Å². The Bertz CT molecular complexity index is 2580. The van der Waals surface area contributed by atoms with Crippen LogP contribution in [-0.2, 0) is 46.3 Å². The van der Waals surface area contributed by atoms with Crippen molar-refractivity contribution in [1.29, 1.82) is 0 Å². The van der Waals surface area contributed by atoms with Crippen molar-refractivity contribution in [2.24, 2.45) is 5.92 Å². The first kappa shape index (κ1) is 56.5. The Kier molecular flexibility index (Phi) is 20.4. The second-order valence-electron chi connectivity index (χ2n) is 19.3. The smallest absolute Gasteiger partial charge is 0.407 e. The van der Waals surface area contributed by atoms with E-state index in [2.05, 4.69) is 57.8 Å². The minimum absolute atomic E-state index is 0.0516. The molecule has 0 radical (unpaired) electrons. The molecule has 4 aromatic rings. The number of fused-ring (bicyclic) bond motifs is 5. The third-order valence-electron chi connectivity index (χ3n) is 12.5. The maximum Gasteiger partial charge on any atom is 0.407 e. The van der Waals surface area contributed by atoms with Crippen LogP contribution >= 0.6 is 0 Å². The summed E-state index contributed by atoms with van der Waals surface area (Å²) in [7, 11) is 5.63. The molecule has 4 aromatic carbocycles. The molecule has 4 bridgehead atoms. The van der Waals surface area contributed by atoms with Gasteiger partial charge in [0.05, 0.1) is 27.2 Å². The van der Waals surface area contributed by atoms with Crippen molar-refractivity contribution >= 4 is 41.6 Å². The molecule has 1 heterocycles. The Morgan fingerprint density at radius 1 is 0.781 bits per heavy atom. The maximum atomic E-state index is 14.9. The van der Waals surface area contributed by atoms with E-state index in [1.165, 1.54) is 45.8 Å². The highest BCUT2D eigenvalue weighted by Crippen LogP contribution is 2.40. The lowest BCUT2D eigenvalue weighted by atomic mass is 9.93. The number of likely N-dealkylation sites (N-methyl/N-ethyl adjacent to an activating group) is 1. The van der Waals surface area contributed by atoms with E-state index in [0.29, 0.717) is 52.2 Å². The summed E-state index contributed by atoms with van der Waals surface area (Å²) in [5.74, 6) is -3.61. The highest BCUT2D eigenvalue weighted by molar-refractivity contribution is 5.97. The molecule has 6 amide bonds. The number of ether oxygens (including phenoxy) is 4. The first-order valence-corrected chi connectivity index (χ1v) is 24.8. The molecule has 1 unspecified atom stereocenters. The summed E-state index contributed by atoms with van der Waals surface area (Å²) in [6, 6.07) is 21.0. The summed E-state index contributed by atoms with van der Waals surface area (Å²) in [4.78, 5) is 97.2. The predicted molar refractivity (Wildman–Crippen MR) is 278 cm³/mol.